The van der Waals surface area contributed by atoms with E-state index in [-0.39, 0.29) is 37.3 Å². The quantitative estimate of drug-likeness (QED) is 0.0839. The Morgan fingerprint density at radius 2 is 1.44 bits per heavy atom. The van der Waals surface area contributed by atoms with Crippen molar-refractivity contribution in [2.24, 2.45) is 5.41 Å². The topological polar surface area (TPSA) is 187 Å². The van der Waals surface area contributed by atoms with Gasteiger partial charge >= 0.3 is 0 Å². The first-order chi connectivity index (χ1) is 17.0. The van der Waals surface area contributed by atoms with E-state index in [9.17, 15) is 29.7 Å². The van der Waals surface area contributed by atoms with Gasteiger partial charge in [0.2, 0.25) is 17.7 Å². The van der Waals surface area contributed by atoms with Gasteiger partial charge < -0.3 is 45.9 Å². The van der Waals surface area contributed by atoms with E-state index in [4.69, 9.17) is 14.6 Å². The molecule has 0 saturated carbocycles. The van der Waals surface area contributed by atoms with Crippen LogP contribution in [0.1, 0.15) is 40.0 Å². The molecule has 0 bridgehead atoms. The number of hydrogen-bond acceptors (Lipinski definition) is 11. The Morgan fingerprint density at radius 1 is 0.889 bits per heavy atom. The van der Waals surface area contributed by atoms with Crippen molar-refractivity contribution in [3.05, 3.63) is 0 Å². The van der Waals surface area contributed by atoms with Crippen LogP contribution in [0.3, 0.4) is 0 Å². The SMILES string of the molecule is CCC(C)(C)C(=O)NCCNC(=O)CCSSCCC(=O)NCCOC1OC(CO)C(O)C(O)C1O. The Kier molecular flexibility index (Phi) is 15.9. The second-order valence-corrected chi connectivity index (χ2v) is 11.6. The first kappa shape index (κ1) is 32.9. The average molecular weight is 556 g/mol. The zero-order valence-electron chi connectivity index (χ0n) is 21.1. The van der Waals surface area contributed by atoms with Crippen LogP contribution < -0.4 is 16.0 Å². The molecule has 1 fully saturated rings. The summed E-state index contributed by atoms with van der Waals surface area (Å²) >= 11 is 0. The van der Waals surface area contributed by atoms with E-state index in [0.717, 1.165) is 6.42 Å². The molecule has 3 amide bonds. The number of carbonyl (C=O) groups excluding carboxylic acids is 3. The Bertz CT molecular complexity index is 685. The van der Waals surface area contributed by atoms with Crippen molar-refractivity contribution in [1.29, 1.82) is 0 Å². The number of hydrogen-bond donors (Lipinski definition) is 7. The van der Waals surface area contributed by atoms with E-state index in [1.165, 1.54) is 21.6 Å². The Hall–Kier alpha value is -1.13. The normalized spacial score (nSPS) is 24.2. The van der Waals surface area contributed by atoms with Crippen LogP contribution in [0, 0.1) is 5.41 Å². The van der Waals surface area contributed by atoms with Crippen LogP contribution in [-0.4, -0.2) is 113 Å². The third kappa shape index (κ3) is 11.9. The molecule has 0 spiro atoms. The van der Waals surface area contributed by atoms with Crippen molar-refractivity contribution in [2.45, 2.75) is 70.7 Å². The summed E-state index contributed by atoms with van der Waals surface area (Å²) < 4.78 is 10.5. The molecule has 1 rings (SSSR count). The van der Waals surface area contributed by atoms with Crippen LogP contribution in [-0.2, 0) is 23.9 Å². The number of aliphatic hydroxyl groups is 4. The van der Waals surface area contributed by atoms with Crippen LogP contribution in [0.5, 0.6) is 0 Å². The predicted molar refractivity (Wildman–Crippen MR) is 137 cm³/mol. The van der Waals surface area contributed by atoms with Crippen LogP contribution in [0.2, 0.25) is 0 Å². The molecule has 1 aliphatic rings. The van der Waals surface area contributed by atoms with Crippen molar-refractivity contribution in [3.63, 3.8) is 0 Å². The number of amides is 3. The lowest BCUT2D eigenvalue weighted by Gasteiger charge is -2.39. The number of rotatable bonds is 17. The molecule has 1 heterocycles. The molecule has 7 N–H and O–H groups in total. The highest BCUT2D eigenvalue weighted by atomic mass is 33.1. The Morgan fingerprint density at radius 3 is 2.00 bits per heavy atom. The van der Waals surface area contributed by atoms with E-state index in [1.807, 2.05) is 20.8 Å². The lowest BCUT2D eigenvalue weighted by Crippen LogP contribution is -2.59. The van der Waals surface area contributed by atoms with E-state index in [1.54, 1.807) is 0 Å². The van der Waals surface area contributed by atoms with Gasteiger partial charge in [0.15, 0.2) is 6.29 Å². The highest BCUT2D eigenvalue weighted by Crippen LogP contribution is 2.23. The molecule has 36 heavy (non-hydrogen) atoms. The third-order valence-electron chi connectivity index (χ3n) is 5.69. The minimum absolute atomic E-state index is 0.00544. The number of nitrogens with one attached hydrogen (secondary N) is 3. The average Bonchev–Trinajstić information content (AvgIpc) is 2.86. The molecule has 0 aromatic heterocycles. The van der Waals surface area contributed by atoms with E-state index < -0.39 is 42.7 Å². The van der Waals surface area contributed by atoms with Crippen LogP contribution in [0.15, 0.2) is 0 Å². The maximum absolute atomic E-state index is 12.0. The molecule has 12 nitrogen and oxygen atoms in total. The molecule has 1 saturated heterocycles. The zero-order valence-corrected chi connectivity index (χ0v) is 22.7. The minimum atomic E-state index is -1.51. The van der Waals surface area contributed by atoms with Crippen molar-refractivity contribution in [1.82, 2.24) is 16.0 Å². The highest BCUT2D eigenvalue weighted by molar-refractivity contribution is 8.76. The second-order valence-electron chi connectivity index (χ2n) is 8.91. The fraction of sp³-hybridized carbons (Fsp3) is 0.864. The molecule has 0 aliphatic carbocycles. The molecular weight excluding hydrogens is 514 g/mol. The summed E-state index contributed by atoms with van der Waals surface area (Å²) in [6.45, 7) is 6.09. The molecule has 14 heteroatoms. The van der Waals surface area contributed by atoms with Crippen molar-refractivity contribution < 1.29 is 44.3 Å². The number of aliphatic hydroxyl groups excluding tert-OH is 4. The van der Waals surface area contributed by atoms with Gasteiger partial charge in [0.05, 0.1) is 13.2 Å². The fourth-order valence-corrected chi connectivity index (χ4v) is 4.89. The van der Waals surface area contributed by atoms with E-state index >= 15 is 0 Å². The molecule has 1 aliphatic heterocycles. The van der Waals surface area contributed by atoms with Gasteiger partial charge in [-0.1, -0.05) is 42.4 Å². The number of ether oxygens (including phenoxy) is 2. The summed E-state index contributed by atoms with van der Waals surface area (Å²) in [5.74, 6) is 0.845. The summed E-state index contributed by atoms with van der Waals surface area (Å²) in [4.78, 5) is 35.7. The first-order valence-corrected chi connectivity index (χ1v) is 14.5. The summed E-state index contributed by atoms with van der Waals surface area (Å²) in [5, 5.41) is 46.7. The predicted octanol–water partition coefficient (Wildman–Crippen LogP) is -1.25. The van der Waals surface area contributed by atoms with Crippen molar-refractivity contribution in [3.8, 4) is 0 Å². The van der Waals surface area contributed by atoms with Crippen LogP contribution >= 0.6 is 21.6 Å². The van der Waals surface area contributed by atoms with Gasteiger partial charge in [-0.05, 0) is 6.42 Å². The summed E-state index contributed by atoms with van der Waals surface area (Å²) in [7, 11) is 2.98. The monoisotopic (exact) mass is 555 g/mol. The van der Waals surface area contributed by atoms with Crippen LogP contribution in [0.4, 0.5) is 0 Å². The molecule has 210 valence electrons. The summed E-state index contributed by atoms with van der Waals surface area (Å²) in [5.41, 5.74) is -0.420. The summed E-state index contributed by atoms with van der Waals surface area (Å²) in [6, 6.07) is 0. The fourth-order valence-electron chi connectivity index (χ4n) is 2.91. The van der Waals surface area contributed by atoms with Gasteiger partial charge in [0.1, 0.15) is 24.4 Å². The molecule has 5 atom stereocenters. The number of carbonyl (C=O) groups is 3. The Labute approximate surface area is 220 Å². The van der Waals surface area contributed by atoms with Gasteiger partial charge in [-0.3, -0.25) is 14.4 Å². The zero-order chi connectivity index (χ0) is 27.1. The maximum Gasteiger partial charge on any atom is 0.225 e. The largest absolute Gasteiger partial charge is 0.394 e. The van der Waals surface area contributed by atoms with Gasteiger partial charge in [0, 0.05) is 49.4 Å². The molecule has 5 unspecified atom stereocenters. The van der Waals surface area contributed by atoms with Gasteiger partial charge in [0.25, 0.3) is 0 Å². The van der Waals surface area contributed by atoms with E-state index in [0.29, 0.717) is 31.0 Å². The molecule has 0 aromatic carbocycles. The second kappa shape index (κ2) is 17.4. The van der Waals surface area contributed by atoms with Gasteiger partial charge in [-0.25, -0.2) is 0 Å². The summed E-state index contributed by atoms with van der Waals surface area (Å²) in [6.07, 6.45) is -5.36. The third-order valence-corrected chi connectivity index (χ3v) is 8.10. The smallest absolute Gasteiger partial charge is 0.225 e. The lowest BCUT2D eigenvalue weighted by atomic mass is 9.89. The van der Waals surface area contributed by atoms with Crippen LogP contribution in [0.25, 0.3) is 0 Å². The molecule has 0 aromatic rings. The molecule has 0 radical (unpaired) electrons. The van der Waals surface area contributed by atoms with Gasteiger partial charge in [-0.15, -0.1) is 0 Å². The van der Waals surface area contributed by atoms with Crippen molar-refractivity contribution in [2.75, 3.05) is 44.4 Å². The molecular formula is C22H41N3O9S2. The van der Waals surface area contributed by atoms with E-state index in [2.05, 4.69) is 16.0 Å². The van der Waals surface area contributed by atoms with Gasteiger partial charge in [-0.2, -0.15) is 0 Å². The lowest BCUT2D eigenvalue weighted by molar-refractivity contribution is -0.300. The Balaban J connectivity index is 2.02. The standard InChI is InChI=1S/C22H41N3O9S2/c1-4-22(2,3)21(32)25-8-7-23-15(27)5-11-35-36-12-6-16(28)24-9-10-33-20-19(31)18(30)17(29)14(13-26)34-20/h14,17-20,26,29-31H,4-13H2,1-3H3,(H,23,27)(H,24,28)(H,25,32). The maximum atomic E-state index is 12.0. The van der Waals surface area contributed by atoms with Crippen molar-refractivity contribution >= 4 is 39.3 Å². The highest BCUT2D eigenvalue weighted by Gasteiger charge is 2.43. The first-order valence-electron chi connectivity index (χ1n) is 12.0. The minimum Gasteiger partial charge on any atom is -0.394 e.